The molecule has 0 radical (unpaired) electrons. The first-order chi connectivity index (χ1) is 12.9. The number of carbonyl (C=O) groups excluding carboxylic acids is 1. The van der Waals surface area contributed by atoms with Crippen molar-refractivity contribution in [3.05, 3.63) is 53.1 Å². The Kier molecular flexibility index (Phi) is 7.49. The van der Waals surface area contributed by atoms with Crippen LogP contribution in [-0.2, 0) is 4.79 Å². The lowest BCUT2D eigenvalue weighted by Crippen LogP contribution is -2.27. The smallest absolute Gasteiger partial charge is 0.259 e. The van der Waals surface area contributed by atoms with Crippen LogP contribution in [0.15, 0.2) is 47.6 Å². The average molecular weight is 390 g/mol. The highest BCUT2D eigenvalue weighted by atomic mass is 35.5. The van der Waals surface area contributed by atoms with Crippen molar-refractivity contribution < 1.29 is 14.3 Å². The SMILES string of the molecule is CCOc1cc(/C=N\N(C)c2ccccc2)cc(Cl)c1OCC(=O)N(C)C. The van der Waals surface area contributed by atoms with Gasteiger partial charge in [-0.15, -0.1) is 0 Å². The molecule has 6 nitrogen and oxygen atoms in total. The van der Waals surface area contributed by atoms with Gasteiger partial charge >= 0.3 is 0 Å². The van der Waals surface area contributed by atoms with Crippen molar-refractivity contribution in [2.45, 2.75) is 6.92 Å². The predicted octanol–water partition coefficient (Wildman–Crippen LogP) is 3.68. The van der Waals surface area contributed by atoms with E-state index in [-0.39, 0.29) is 12.5 Å². The molecule has 2 aromatic carbocycles. The first-order valence-corrected chi connectivity index (χ1v) is 8.92. The normalized spacial score (nSPS) is 10.7. The summed E-state index contributed by atoms with van der Waals surface area (Å²) in [5.41, 5.74) is 1.73. The van der Waals surface area contributed by atoms with E-state index in [1.54, 1.807) is 37.5 Å². The molecule has 0 bridgehead atoms. The largest absolute Gasteiger partial charge is 0.490 e. The number of hydrogen-bond donors (Lipinski definition) is 0. The number of ether oxygens (including phenoxy) is 2. The number of benzene rings is 2. The second-order valence-corrected chi connectivity index (χ2v) is 6.35. The van der Waals surface area contributed by atoms with E-state index in [9.17, 15) is 4.79 Å². The maximum atomic E-state index is 11.8. The van der Waals surface area contributed by atoms with E-state index in [0.29, 0.717) is 23.1 Å². The fourth-order valence-corrected chi connectivity index (χ4v) is 2.47. The molecular formula is C20H24ClN3O3. The van der Waals surface area contributed by atoms with E-state index < -0.39 is 0 Å². The van der Waals surface area contributed by atoms with Crippen molar-refractivity contribution in [3.8, 4) is 11.5 Å². The Morgan fingerprint density at radius 1 is 1.15 bits per heavy atom. The molecule has 27 heavy (non-hydrogen) atoms. The summed E-state index contributed by atoms with van der Waals surface area (Å²) in [6, 6.07) is 13.3. The van der Waals surface area contributed by atoms with Crippen LogP contribution < -0.4 is 14.5 Å². The van der Waals surface area contributed by atoms with E-state index in [1.807, 2.05) is 44.3 Å². The minimum absolute atomic E-state index is 0.114. The van der Waals surface area contributed by atoms with Crippen molar-refractivity contribution in [1.29, 1.82) is 0 Å². The average Bonchev–Trinajstić information content (AvgIpc) is 2.66. The minimum Gasteiger partial charge on any atom is -0.490 e. The number of rotatable bonds is 8. The minimum atomic E-state index is -0.163. The van der Waals surface area contributed by atoms with Crippen LogP contribution in [0.2, 0.25) is 5.02 Å². The van der Waals surface area contributed by atoms with Crippen LogP contribution in [0.4, 0.5) is 5.69 Å². The third-order valence-corrected chi connectivity index (χ3v) is 3.96. The van der Waals surface area contributed by atoms with E-state index in [4.69, 9.17) is 21.1 Å². The molecule has 0 saturated heterocycles. The zero-order valence-electron chi connectivity index (χ0n) is 16.0. The van der Waals surface area contributed by atoms with Gasteiger partial charge in [0, 0.05) is 21.1 Å². The molecule has 0 spiro atoms. The van der Waals surface area contributed by atoms with Crippen molar-refractivity contribution in [3.63, 3.8) is 0 Å². The molecule has 0 N–H and O–H groups in total. The Balaban J connectivity index is 2.21. The Bertz CT molecular complexity index is 795. The number of nitrogens with zero attached hydrogens (tertiary/aromatic N) is 3. The van der Waals surface area contributed by atoms with E-state index in [1.165, 1.54) is 4.90 Å². The summed E-state index contributed by atoms with van der Waals surface area (Å²) >= 11 is 6.36. The summed E-state index contributed by atoms with van der Waals surface area (Å²) in [7, 11) is 5.19. The molecule has 0 fully saturated rings. The van der Waals surface area contributed by atoms with Crippen LogP contribution in [0.25, 0.3) is 0 Å². The molecule has 0 aliphatic heterocycles. The van der Waals surface area contributed by atoms with E-state index >= 15 is 0 Å². The predicted molar refractivity (Wildman–Crippen MR) is 109 cm³/mol. The fourth-order valence-electron chi connectivity index (χ4n) is 2.19. The first-order valence-electron chi connectivity index (χ1n) is 8.54. The van der Waals surface area contributed by atoms with Gasteiger partial charge in [0.05, 0.1) is 23.5 Å². The summed E-state index contributed by atoms with van der Waals surface area (Å²) < 4.78 is 11.2. The number of para-hydroxylation sites is 1. The van der Waals surface area contributed by atoms with Gasteiger partial charge in [0.15, 0.2) is 18.1 Å². The Morgan fingerprint density at radius 3 is 2.48 bits per heavy atom. The van der Waals surface area contributed by atoms with E-state index in [2.05, 4.69) is 5.10 Å². The fraction of sp³-hybridized carbons (Fsp3) is 0.300. The van der Waals surface area contributed by atoms with Gasteiger partial charge in [-0.3, -0.25) is 9.80 Å². The van der Waals surface area contributed by atoms with Crippen LogP contribution >= 0.6 is 11.6 Å². The van der Waals surface area contributed by atoms with Gasteiger partial charge in [-0.25, -0.2) is 0 Å². The molecule has 0 aromatic heterocycles. The molecule has 0 atom stereocenters. The molecule has 1 amide bonds. The van der Waals surface area contributed by atoms with Gasteiger partial charge in [0.2, 0.25) is 0 Å². The lowest BCUT2D eigenvalue weighted by atomic mass is 10.2. The third kappa shape index (κ3) is 5.89. The molecule has 0 aliphatic rings. The molecule has 0 unspecified atom stereocenters. The molecular weight excluding hydrogens is 366 g/mol. The van der Waals surface area contributed by atoms with E-state index in [0.717, 1.165) is 11.3 Å². The van der Waals surface area contributed by atoms with Gasteiger partial charge < -0.3 is 14.4 Å². The van der Waals surface area contributed by atoms with Crippen molar-refractivity contribution in [2.24, 2.45) is 5.10 Å². The van der Waals surface area contributed by atoms with Crippen molar-refractivity contribution in [2.75, 3.05) is 39.4 Å². The number of anilines is 1. The zero-order valence-corrected chi connectivity index (χ0v) is 16.7. The molecule has 0 heterocycles. The molecule has 0 saturated carbocycles. The highest BCUT2D eigenvalue weighted by Gasteiger charge is 2.14. The standard InChI is InChI=1S/C20H24ClN3O3/c1-5-26-18-12-15(13-22-24(4)16-9-7-6-8-10-16)11-17(21)20(18)27-14-19(25)23(2)3/h6-13H,5,14H2,1-4H3/b22-13-. The third-order valence-electron chi connectivity index (χ3n) is 3.68. The monoisotopic (exact) mass is 389 g/mol. The second-order valence-electron chi connectivity index (χ2n) is 5.94. The van der Waals surface area contributed by atoms with Crippen LogP contribution in [0.1, 0.15) is 12.5 Å². The van der Waals surface area contributed by atoms with Crippen molar-refractivity contribution in [1.82, 2.24) is 4.90 Å². The summed E-state index contributed by atoms with van der Waals surface area (Å²) in [5, 5.41) is 6.54. The Morgan fingerprint density at radius 2 is 1.85 bits per heavy atom. The van der Waals surface area contributed by atoms with Crippen LogP contribution in [0, 0.1) is 0 Å². The highest BCUT2D eigenvalue weighted by molar-refractivity contribution is 6.32. The number of amides is 1. The summed E-state index contributed by atoms with van der Waals surface area (Å²) in [6.45, 7) is 2.20. The molecule has 7 heteroatoms. The zero-order chi connectivity index (χ0) is 19.8. The number of hydrazone groups is 1. The topological polar surface area (TPSA) is 54.4 Å². The molecule has 144 valence electrons. The first kappa shape index (κ1) is 20.6. The van der Waals surface area contributed by atoms with Crippen LogP contribution in [0.3, 0.4) is 0 Å². The number of carbonyl (C=O) groups is 1. The lowest BCUT2D eigenvalue weighted by molar-refractivity contribution is -0.130. The van der Waals surface area contributed by atoms with Gasteiger partial charge in [-0.05, 0) is 36.8 Å². The van der Waals surface area contributed by atoms with Gasteiger partial charge in [-0.2, -0.15) is 5.10 Å². The molecule has 2 rings (SSSR count). The molecule has 2 aromatic rings. The summed E-state index contributed by atoms with van der Waals surface area (Å²) in [4.78, 5) is 13.2. The Labute approximate surface area is 164 Å². The lowest BCUT2D eigenvalue weighted by Gasteiger charge is -2.16. The highest BCUT2D eigenvalue weighted by Crippen LogP contribution is 2.36. The van der Waals surface area contributed by atoms with Crippen molar-refractivity contribution >= 4 is 29.4 Å². The van der Waals surface area contributed by atoms with Gasteiger partial charge in [0.1, 0.15) is 0 Å². The number of halogens is 1. The van der Waals surface area contributed by atoms with Crippen LogP contribution in [-0.4, -0.2) is 51.4 Å². The Hall–Kier alpha value is -2.73. The maximum absolute atomic E-state index is 11.8. The number of hydrogen-bond acceptors (Lipinski definition) is 5. The number of likely N-dealkylation sites (N-methyl/N-ethyl adjacent to an activating group) is 1. The molecule has 0 aliphatic carbocycles. The van der Waals surface area contributed by atoms with Crippen LogP contribution in [0.5, 0.6) is 11.5 Å². The summed E-state index contributed by atoms with van der Waals surface area (Å²) in [6.07, 6.45) is 1.69. The van der Waals surface area contributed by atoms with Gasteiger partial charge in [0.25, 0.3) is 5.91 Å². The second kappa shape index (κ2) is 9.83. The van der Waals surface area contributed by atoms with Gasteiger partial charge in [-0.1, -0.05) is 29.8 Å². The quantitative estimate of drug-likeness (QED) is 0.510. The summed E-state index contributed by atoms with van der Waals surface area (Å²) in [5.74, 6) is 0.659. The maximum Gasteiger partial charge on any atom is 0.259 e.